The van der Waals surface area contributed by atoms with Crippen LogP contribution >= 0.6 is 0 Å². The normalized spacial score (nSPS) is 11.8. The Labute approximate surface area is 102 Å². The molecule has 0 saturated heterocycles. The van der Waals surface area contributed by atoms with E-state index in [1.807, 2.05) is 6.92 Å². The summed E-state index contributed by atoms with van der Waals surface area (Å²) in [5.74, 6) is 0. The fourth-order valence-corrected chi connectivity index (χ4v) is 3.79. The molecule has 0 aliphatic heterocycles. The van der Waals surface area contributed by atoms with Crippen LogP contribution in [0.3, 0.4) is 0 Å². The first kappa shape index (κ1) is 17.3. The Hall–Kier alpha value is 0.853. The molecule has 1 nitrogen and oxygen atoms in total. The van der Waals surface area contributed by atoms with Gasteiger partial charge >= 0.3 is 65.5 Å². The monoisotopic (exact) mass is 277 g/mol. The van der Waals surface area contributed by atoms with Gasteiger partial charge in [-0.25, -0.2) is 0 Å². The Morgan fingerprint density at radius 2 is 1.50 bits per heavy atom. The van der Waals surface area contributed by atoms with Gasteiger partial charge in [0.1, 0.15) is 0 Å². The van der Waals surface area contributed by atoms with E-state index in [2.05, 4.69) is 26.5 Å². The summed E-state index contributed by atoms with van der Waals surface area (Å²) in [6.45, 7) is 6.79. The summed E-state index contributed by atoms with van der Waals surface area (Å²) in [4.78, 5) is 0. The van der Waals surface area contributed by atoms with Gasteiger partial charge in [0.05, 0.1) is 0 Å². The van der Waals surface area contributed by atoms with E-state index in [1.165, 1.54) is 25.7 Å². The summed E-state index contributed by atoms with van der Waals surface area (Å²) < 4.78 is 0. The van der Waals surface area contributed by atoms with Crippen LogP contribution in [0.4, 0.5) is 0 Å². The second-order valence-electron chi connectivity index (χ2n) is 3.47. The quantitative estimate of drug-likeness (QED) is 0.390. The summed E-state index contributed by atoms with van der Waals surface area (Å²) >= 11 is 5.09. The maximum absolute atomic E-state index is 6.55. The van der Waals surface area contributed by atoms with Gasteiger partial charge in [0.2, 0.25) is 0 Å². The minimum absolute atomic E-state index is 0.134. The number of hydrogen-bond donors (Lipinski definition) is 0. The molecule has 1 unspecified atom stereocenters. The van der Waals surface area contributed by atoms with Gasteiger partial charge in [-0.05, 0) is 0 Å². The van der Waals surface area contributed by atoms with E-state index < -0.39 is 0 Å². The van der Waals surface area contributed by atoms with Crippen molar-refractivity contribution >= 4 is 28.1 Å². The Bertz CT molecular complexity index is 83.4. The van der Waals surface area contributed by atoms with E-state index in [0.717, 1.165) is 0 Å². The van der Waals surface area contributed by atoms with Crippen LogP contribution in [0.15, 0.2) is 0 Å². The molecule has 0 saturated carbocycles. The zero-order valence-electron chi connectivity index (χ0n) is 9.94. The Balaban J connectivity index is 0. The zero-order chi connectivity index (χ0) is 11.2. The SMILES string of the molecule is CC([S-])C[NH-].CCC[CH2][Ge][CH2]CCC. The van der Waals surface area contributed by atoms with Crippen LogP contribution in [0.25, 0.3) is 5.73 Å². The predicted octanol–water partition coefficient (Wildman–Crippen LogP) is 4.10. The van der Waals surface area contributed by atoms with Crippen molar-refractivity contribution in [2.24, 2.45) is 0 Å². The van der Waals surface area contributed by atoms with Crippen molar-refractivity contribution in [3.05, 3.63) is 5.73 Å². The van der Waals surface area contributed by atoms with Crippen molar-refractivity contribution in [1.82, 2.24) is 0 Å². The van der Waals surface area contributed by atoms with Crippen molar-refractivity contribution in [3.8, 4) is 0 Å². The second-order valence-corrected chi connectivity index (χ2v) is 7.42. The molecule has 0 bridgehead atoms. The number of unbranched alkanes of at least 4 members (excludes halogenated alkanes) is 2. The van der Waals surface area contributed by atoms with Gasteiger partial charge in [-0.1, -0.05) is 6.92 Å². The molecular formula is C11H25GeNS-2. The molecule has 0 aromatic heterocycles. The van der Waals surface area contributed by atoms with Crippen molar-refractivity contribution in [3.63, 3.8) is 0 Å². The van der Waals surface area contributed by atoms with Crippen molar-refractivity contribution in [2.75, 3.05) is 6.54 Å². The molecule has 0 fully saturated rings. The molecule has 0 aliphatic carbocycles. The molecule has 14 heavy (non-hydrogen) atoms. The van der Waals surface area contributed by atoms with Gasteiger partial charge in [-0.15, -0.1) is 0 Å². The molecule has 0 spiro atoms. The minimum atomic E-state index is 0.134. The van der Waals surface area contributed by atoms with Gasteiger partial charge in [0.15, 0.2) is 0 Å². The average Bonchev–Trinajstić information content (AvgIpc) is 2.19. The van der Waals surface area contributed by atoms with Gasteiger partial charge in [0.25, 0.3) is 0 Å². The van der Waals surface area contributed by atoms with Crippen LogP contribution in [0, 0.1) is 0 Å². The number of hydrogen-bond acceptors (Lipinski definition) is 1. The van der Waals surface area contributed by atoms with Crippen LogP contribution in [0.5, 0.6) is 0 Å². The number of rotatable bonds is 7. The third-order valence-corrected chi connectivity index (χ3v) is 4.84. The Kier molecular flexibility index (Phi) is 20.1. The molecular weight excluding hydrogens is 251 g/mol. The van der Waals surface area contributed by atoms with E-state index in [9.17, 15) is 0 Å². The van der Waals surface area contributed by atoms with E-state index in [1.54, 1.807) is 10.5 Å². The number of nitrogens with one attached hydrogen (secondary N) is 1. The summed E-state index contributed by atoms with van der Waals surface area (Å²) in [6.07, 6.45) is 5.78. The molecule has 0 aromatic rings. The third-order valence-electron chi connectivity index (χ3n) is 1.70. The van der Waals surface area contributed by atoms with Crippen LogP contribution in [0.2, 0.25) is 10.5 Å². The van der Waals surface area contributed by atoms with E-state index in [-0.39, 0.29) is 5.25 Å². The first-order valence-corrected chi connectivity index (χ1v) is 9.13. The Morgan fingerprint density at radius 3 is 1.71 bits per heavy atom. The van der Waals surface area contributed by atoms with Crippen LogP contribution in [-0.2, 0) is 12.6 Å². The van der Waals surface area contributed by atoms with E-state index >= 15 is 0 Å². The van der Waals surface area contributed by atoms with E-state index in [0.29, 0.717) is 22.0 Å². The van der Waals surface area contributed by atoms with Crippen LogP contribution in [-0.4, -0.2) is 27.2 Å². The molecule has 2 radical (unpaired) electrons. The van der Waals surface area contributed by atoms with Gasteiger partial charge < -0.3 is 18.4 Å². The van der Waals surface area contributed by atoms with E-state index in [4.69, 9.17) is 5.73 Å². The van der Waals surface area contributed by atoms with Crippen molar-refractivity contribution in [1.29, 1.82) is 0 Å². The average molecular weight is 276 g/mol. The molecule has 3 heteroatoms. The molecule has 0 heterocycles. The summed E-state index contributed by atoms with van der Waals surface area (Å²) in [5, 5.41) is 3.29. The fraction of sp³-hybridized carbons (Fsp3) is 1.00. The maximum atomic E-state index is 6.55. The molecule has 86 valence electrons. The molecule has 0 amide bonds. The summed E-state index contributed by atoms with van der Waals surface area (Å²) in [6, 6.07) is 0. The van der Waals surface area contributed by atoms with Crippen LogP contribution < -0.4 is 0 Å². The fourth-order valence-electron chi connectivity index (χ4n) is 0.729. The molecule has 0 aromatic carbocycles. The molecule has 0 rings (SSSR count). The molecule has 0 aliphatic rings. The molecule has 1 N–H and O–H groups in total. The van der Waals surface area contributed by atoms with Gasteiger partial charge in [-0.2, -0.15) is 11.8 Å². The first-order chi connectivity index (χ1) is 6.68. The first-order valence-electron chi connectivity index (χ1n) is 5.70. The third kappa shape index (κ3) is 23.0. The standard InChI is InChI=1S/C8H18Ge.C3H8NS/c1-3-5-7-9-8-6-4-2;1-3(5)2-4/h3-8H2,1-2H3;3-5H,2H2,1H3/q;-1/p-1. The zero-order valence-corrected chi connectivity index (χ0v) is 12.8. The van der Waals surface area contributed by atoms with Crippen molar-refractivity contribution < 1.29 is 0 Å². The Morgan fingerprint density at radius 1 is 1.14 bits per heavy atom. The summed E-state index contributed by atoms with van der Waals surface area (Å²) in [7, 11) is 0. The van der Waals surface area contributed by atoms with Gasteiger partial charge in [0, 0.05) is 0 Å². The predicted molar refractivity (Wildman–Crippen MR) is 71.2 cm³/mol. The summed E-state index contributed by atoms with van der Waals surface area (Å²) in [5.41, 5.74) is 6.55. The molecule has 1 atom stereocenters. The van der Waals surface area contributed by atoms with Gasteiger partial charge in [-0.3, -0.25) is 0 Å². The van der Waals surface area contributed by atoms with Crippen LogP contribution in [0.1, 0.15) is 46.5 Å². The topological polar surface area (TPSA) is 23.8 Å². The second kappa shape index (κ2) is 16.3. The van der Waals surface area contributed by atoms with Crippen molar-refractivity contribution in [2.45, 2.75) is 62.2 Å².